The van der Waals surface area contributed by atoms with Crippen molar-refractivity contribution in [1.29, 1.82) is 0 Å². The Kier molecular flexibility index (Phi) is 4.33. The number of fused-ring (bicyclic) bond motifs is 1. The molecule has 4 N–H and O–H groups in total. The number of carbonyl (C=O) groups is 1. The van der Waals surface area contributed by atoms with Crippen LogP contribution in [-0.2, 0) is 0 Å². The van der Waals surface area contributed by atoms with E-state index in [4.69, 9.17) is 23.1 Å². The minimum Gasteiger partial charge on any atom is -0.370 e. The first kappa shape index (κ1) is 16.8. The molecule has 1 heterocycles. The van der Waals surface area contributed by atoms with E-state index in [0.717, 1.165) is 0 Å². The zero-order chi connectivity index (χ0) is 18.1. The lowest BCUT2D eigenvalue weighted by Crippen LogP contribution is -2.24. The Morgan fingerprint density at radius 1 is 1.04 bits per heavy atom. The fourth-order valence-electron chi connectivity index (χ4n) is 2.42. The van der Waals surface area contributed by atoms with Gasteiger partial charge in [0, 0.05) is 28.8 Å². The Hall–Kier alpha value is -3.06. The third-order valence-electron chi connectivity index (χ3n) is 3.52. The monoisotopic (exact) mass is 360 g/mol. The molecule has 2 aromatic carbocycles. The van der Waals surface area contributed by atoms with Gasteiger partial charge in [0.1, 0.15) is 11.6 Å². The summed E-state index contributed by atoms with van der Waals surface area (Å²) in [7, 11) is 0. The molecule has 25 heavy (non-hydrogen) atoms. The maximum Gasteiger partial charge on any atom is 0.280 e. The number of hydrogen-bond donors (Lipinski definition) is 2. The van der Waals surface area contributed by atoms with Crippen LogP contribution in [0.4, 0.5) is 8.78 Å². The summed E-state index contributed by atoms with van der Waals surface area (Å²) in [6, 6.07) is 8.01. The lowest BCUT2D eigenvalue weighted by molar-refractivity contribution is 0.100. The lowest BCUT2D eigenvalue weighted by Gasteiger charge is -2.09. The van der Waals surface area contributed by atoms with E-state index in [-0.39, 0.29) is 22.1 Å². The van der Waals surface area contributed by atoms with Gasteiger partial charge in [0.15, 0.2) is 5.96 Å². The standard InChI is InChI=1S/C17H11ClF2N4O/c18-12-6-10(13(19)7-14(12)20)9-3-4-23-15-2-1-8(5-11(9)15)16(25)24-17(21)22/h1-7H,(H4,21,22,24,25). The van der Waals surface area contributed by atoms with Gasteiger partial charge in [-0.3, -0.25) is 9.78 Å². The fourth-order valence-corrected chi connectivity index (χ4v) is 2.59. The number of aliphatic imine (C=N–C) groups is 1. The second kappa shape index (κ2) is 6.45. The zero-order valence-electron chi connectivity index (χ0n) is 12.6. The molecule has 0 atom stereocenters. The van der Waals surface area contributed by atoms with Gasteiger partial charge >= 0.3 is 0 Å². The second-order valence-electron chi connectivity index (χ2n) is 5.18. The smallest absolute Gasteiger partial charge is 0.280 e. The van der Waals surface area contributed by atoms with Crippen molar-refractivity contribution in [3.63, 3.8) is 0 Å². The highest BCUT2D eigenvalue weighted by atomic mass is 35.5. The SMILES string of the molecule is NC(N)=NC(=O)c1ccc2nccc(-c3cc(Cl)c(F)cc3F)c2c1. The van der Waals surface area contributed by atoms with Crippen LogP contribution in [0.3, 0.4) is 0 Å². The molecule has 0 unspecified atom stereocenters. The van der Waals surface area contributed by atoms with Crippen molar-refractivity contribution in [3.8, 4) is 11.1 Å². The molecule has 8 heteroatoms. The summed E-state index contributed by atoms with van der Waals surface area (Å²) in [6.45, 7) is 0. The average molecular weight is 361 g/mol. The van der Waals surface area contributed by atoms with Crippen molar-refractivity contribution in [2.45, 2.75) is 0 Å². The summed E-state index contributed by atoms with van der Waals surface area (Å²) >= 11 is 5.77. The highest BCUT2D eigenvalue weighted by Crippen LogP contribution is 2.33. The highest BCUT2D eigenvalue weighted by Gasteiger charge is 2.15. The molecule has 5 nitrogen and oxygen atoms in total. The van der Waals surface area contributed by atoms with Gasteiger partial charge in [0.05, 0.1) is 10.5 Å². The van der Waals surface area contributed by atoms with Gasteiger partial charge in [-0.15, -0.1) is 0 Å². The molecule has 1 amide bonds. The topological polar surface area (TPSA) is 94.4 Å². The molecule has 126 valence electrons. The van der Waals surface area contributed by atoms with Crippen LogP contribution in [0, 0.1) is 11.6 Å². The molecule has 1 aromatic heterocycles. The maximum atomic E-state index is 14.2. The zero-order valence-corrected chi connectivity index (χ0v) is 13.4. The summed E-state index contributed by atoms with van der Waals surface area (Å²) in [5.41, 5.74) is 11.6. The van der Waals surface area contributed by atoms with Crippen LogP contribution in [0.5, 0.6) is 0 Å². The van der Waals surface area contributed by atoms with Crippen molar-refractivity contribution in [2.75, 3.05) is 0 Å². The van der Waals surface area contributed by atoms with E-state index < -0.39 is 17.5 Å². The Bertz CT molecular complexity index is 1030. The Balaban J connectivity index is 2.24. The number of amides is 1. The third kappa shape index (κ3) is 3.27. The van der Waals surface area contributed by atoms with E-state index in [9.17, 15) is 13.6 Å². The number of guanidine groups is 1. The molecule has 0 spiro atoms. The van der Waals surface area contributed by atoms with Crippen LogP contribution >= 0.6 is 11.6 Å². The second-order valence-corrected chi connectivity index (χ2v) is 5.59. The summed E-state index contributed by atoms with van der Waals surface area (Å²) in [6.07, 6.45) is 1.48. The first-order valence-electron chi connectivity index (χ1n) is 7.04. The number of rotatable bonds is 2. The predicted molar refractivity (Wildman–Crippen MR) is 92.2 cm³/mol. The van der Waals surface area contributed by atoms with Crippen molar-refractivity contribution in [1.82, 2.24) is 4.98 Å². The Morgan fingerprint density at radius 2 is 1.80 bits per heavy atom. The number of benzene rings is 2. The third-order valence-corrected chi connectivity index (χ3v) is 3.81. The summed E-state index contributed by atoms with van der Waals surface area (Å²) in [5, 5.41) is 0.259. The van der Waals surface area contributed by atoms with E-state index in [1.165, 1.54) is 24.4 Å². The van der Waals surface area contributed by atoms with E-state index in [0.29, 0.717) is 22.5 Å². The summed E-state index contributed by atoms with van der Waals surface area (Å²) in [5.74, 6) is -2.65. The van der Waals surface area contributed by atoms with Crippen LogP contribution in [0.1, 0.15) is 10.4 Å². The van der Waals surface area contributed by atoms with Crippen LogP contribution in [0.15, 0.2) is 47.6 Å². The normalized spacial score (nSPS) is 10.7. The minimum atomic E-state index is -0.857. The largest absolute Gasteiger partial charge is 0.370 e. The van der Waals surface area contributed by atoms with Crippen molar-refractivity contribution in [3.05, 3.63) is 64.8 Å². The minimum absolute atomic E-state index is 0.0882. The predicted octanol–water partition coefficient (Wildman–Crippen LogP) is 3.25. The molecule has 0 saturated carbocycles. The molecule has 0 bridgehead atoms. The fraction of sp³-hybridized carbons (Fsp3) is 0. The van der Waals surface area contributed by atoms with Crippen LogP contribution in [0.25, 0.3) is 22.0 Å². The molecule has 0 aliphatic heterocycles. The number of nitrogens with zero attached hydrogens (tertiary/aromatic N) is 2. The number of nitrogens with two attached hydrogens (primary N) is 2. The van der Waals surface area contributed by atoms with Gasteiger partial charge in [0.2, 0.25) is 0 Å². The molecule has 0 radical (unpaired) electrons. The van der Waals surface area contributed by atoms with E-state index in [1.54, 1.807) is 12.1 Å². The lowest BCUT2D eigenvalue weighted by atomic mass is 9.99. The molecular weight excluding hydrogens is 350 g/mol. The van der Waals surface area contributed by atoms with E-state index >= 15 is 0 Å². The molecule has 0 aliphatic rings. The molecule has 3 aromatic rings. The van der Waals surface area contributed by atoms with Crippen LogP contribution in [0.2, 0.25) is 5.02 Å². The van der Waals surface area contributed by atoms with Gasteiger partial charge in [-0.2, -0.15) is 4.99 Å². The number of pyridine rings is 1. The Labute approximate surface area is 145 Å². The van der Waals surface area contributed by atoms with Crippen LogP contribution < -0.4 is 11.5 Å². The van der Waals surface area contributed by atoms with Gasteiger partial charge < -0.3 is 11.5 Å². The summed E-state index contributed by atoms with van der Waals surface area (Å²) in [4.78, 5) is 19.6. The quantitative estimate of drug-likeness (QED) is 0.416. The van der Waals surface area contributed by atoms with Crippen molar-refractivity contribution >= 4 is 34.4 Å². The molecule has 0 saturated heterocycles. The number of hydrogen-bond acceptors (Lipinski definition) is 2. The maximum absolute atomic E-state index is 14.2. The molecule has 0 fully saturated rings. The van der Waals surface area contributed by atoms with Gasteiger partial charge in [-0.05, 0) is 35.9 Å². The van der Waals surface area contributed by atoms with E-state index in [1.807, 2.05) is 0 Å². The summed E-state index contributed by atoms with van der Waals surface area (Å²) < 4.78 is 27.6. The molecule has 3 rings (SSSR count). The van der Waals surface area contributed by atoms with E-state index in [2.05, 4.69) is 9.98 Å². The average Bonchev–Trinajstić information content (AvgIpc) is 2.56. The van der Waals surface area contributed by atoms with Crippen molar-refractivity contribution in [2.24, 2.45) is 16.5 Å². The number of halogens is 3. The van der Waals surface area contributed by atoms with Crippen LogP contribution in [-0.4, -0.2) is 16.9 Å². The highest BCUT2D eigenvalue weighted by molar-refractivity contribution is 6.31. The van der Waals surface area contributed by atoms with Gasteiger partial charge in [0.25, 0.3) is 5.91 Å². The van der Waals surface area contributed by atoms with Gasteiger partial charge in [-0.1, -0.05) is 11.6 Å². The Morgan fingerprint density at radius 3 is 2.52 bits per heavy atom. The molecule has 0 aliphatic carbocycles. The van der Waals surface area contributed by atoms with Crippen molar-refractivity contribution < 1.29 is 13.6 Å². The van der Waals surface area contributed by atoms with Gasteiger partial charge in [-0.25, -0.2) is 8.78 Å². The first-order valence-corrected chi connectivity index (χ1v) is 7.42. The number of carbonyl (C=O) groups excluding carboxylic acids is 1. The molecular formula is C17H11ClF2N4O. The first-order chi connectivity index (χ1) is 11.9. The number of aromatic nitrogens is 1.